The van der Waals surface area contributed by atoms with Gasteiger partial charge in [-0.25, -0.2) is 0 Å². The summed E-state index contributed by atoms with van der Waals surface area (Å²) in [6.07, 6.45) is 0. The first-order chi connectivity index (χ1) is 13.6. The van der Waals surface area contributed by atoms with Crippen molar-refractivity contribution in [3.05, 3.63) is 53.1 Å². The first-order valence-electron chi connectivity index (χ1n) is 7.96. The molecule has 1 aliphatic heterocycles. The number of anilines is 1. The maximum absolute atomic E-state index is 12.6. The average molecular weight is 459 g/mol. The van der Waals surface area contributed by atoms with Crippen LogP contribution in [-0.4, -0.2) is 36.6 Å². The fourth-order valence-corrected chi connectivity index (χ4v) is 3.22. The number of nitrogens with zero attached hydrogens (tertiary/aromatic N) is 4. The van der Waals surface area contributed by atoms with Crippen molar-refractivity contribution in [3.8, 4) is 0 Å². The number of carboxylic acid groups (broad SMARTS) is 1. The number of azo groups is 1. The van der Waals surface area contributed by atoms with Crippen LogP contribution in [0, 0.1) is 0 Å². The number of hydrazone groups is 1. The number of carbonyl (C=O) groups is 2. The quantitative estimate of drug-likeness (QED) is 0.338. The Morgan fingerprint density at radius 1 is 1.27 bits per heavy atom. The Kier molecular flexibility index (Phi) is 7.50. The number of carbonyl (C=O) groups excluding carboxylic acids is 2. The number of halogens is 1. The normalized spacial score (nSPS) is 16.5. The van der Waals surface area contributed by atoms with Crippen LogP contribution in [0.5, 0.6) is 0 Å². The van der Waals surface area contributed by atoms with E-state index in [0.717, 1.165) is 17.1 Å². The summed E-state index contributed by atoms with van der Waals surface area (Å²) >= 11 is 5.93. The predicted octanol–water partition coefficient (Wildman–Crippen LogP) is -1.17. The Morgan fingerprint density at radius 2 is 1.97 bits per heavy atom. The van der Waals surface area contributed by atoms with Gasteiger partial charge in [-0.1, -0.05) is 17.7 Å². The molecular formula is C17H12ClN4NaO6S. The minimum absolute atomic E-state index is 0. The second-order valence-corrected chi connectivity index (χ2v) is 7.79. The monoisotopic (exact) mass is 458 g/mol. The Balaban J connectivity index is 0.00000320. The number of benzene rings is 2. The zero-order valence-corrected chi connectivity index (χ0v) is 19.3. The van der Waals surface area contributed by atoms with Gasteiger partial charge in [-0.15, -0.1) is 0 Å². The molecule has 1 atom stereocenters. The van der Waals surface area contributed by atoms with Gasteiger partial charge < -0.3 is 9.90 Å². The molecule has 2 aromatic carbocycles. The van der Waals surface area contributed by atoms with E-state index >= 15 is 0 Å². The van der Waals surface area contributed by atoms with Crippen LogP contribution in [0.3, 0.4) is 0 Å². The molecule has 0 bridgehead atoms. The van der Waals surface area contributed by atoms with Gasteiger partial charge in [-0.3, -0.25) is 9.35 Å². The van der Waals surface area contributed by atoms with Crippen LogP contribution in [-0.2, 0) is 14.9 Å². The van der Waals surface area contributed by atoms with Crippen molar-refractivity contribution >= 4 is 50.7 Å². The van der Waals surface area contributed by atoms with Crippen LogP contribution in [0.15, 0.2) is 62.7 Å². The first-order valence-corrected chi connectivity index (χ1v) is 9.78. The Labute approximate surface area is 198 Å². The minimum Gasteiger partial charge on any atom is -0.545 e. The molecule has 1 N–H and O–H groups in total. The number of rotatable bonds is 5. The molecule has 1 heterocycles. The Hall–Kier alpha value is -2.15. The zero-order chi connectivity index (χ0) is 21.3. The second-order valence-electron chi connectivity index (χ2n) is 5.93. The molecule has 0 saturated carbocycles. The molecule has 0 radical (unpaired) electrons. The third kappa shape index (κ3) is 5.12. The third-order valence-electron chi connectivity index (χ3n) is 3.92. The van der Waals surface area contributed by atoms with E-state index in [1.165, 1.54) is 6.07 Å². The Morgan fingerprint density at radius 3 is 2.57 bits per heavy atom. The maximum Gasteiger partial charge on any atom is 1.00 e. The zero-order valence-electron chi connectivity index (χ0n) is 15.7. The molecule has 150 valence electrons. The molecule has 1 unspecified atom stereocenters. The fraction of sp³-hybridized carbons (Fsp3) is 0.118. The van der Waals surface area contributed by atoms with Crippen molar-refractivity contribution in [3.63, 3.8) is 0 Å². The van der Waals surface area contributed by atoms with E-state index in [9.17, 15) is 23.1 Å². The largest absolute Gasteiger partial charge is 1.00 e. The SMILES string of the molecule is CC1=NN(c2cccc(Cl)c2)C(=O)C1N=Nc1ccc(S(=O)(=O)O)cc1C(=O)[O-].[Na+]. The van der Waals surface area contributed by atoms with Crippen molar-refractivity contribution in [1.82, 2.24) is 0 Å². The molecule has 3 rings (SSSR count). The first kappa shape index (κ1) is 24.1. The van der Waals surface area contributed by atoms with Gasteiger partial charge in [-0.2, -0.15) is 28.8 Å². The molecule has 1 aliphatic rings. The van der Waals surface area contributed by atoms with Crippen molar-refractivity contribution in [2.45, 2.75) is 17.9 Å². The van der Waals surface area contributed by atoms with E-state index < -0.39 is 38.5 Å². The smallest absolute Gasteiger partial charge is 0.545 e. The minimum atomic E-state index is -4.62. The van der Waals surface area contributed by atoms with Crippen LogP contribution in [0.4, 0.5) is 11.4 Å². The molecule has 0 spiro atoms. The summed E-state index contributed by atoms with van der Waals surface area (Å²) in [5, 5.41) is 24.5. The van der Waals surface area contributed by atoms with Gasteiger partial charge in [0, 0.05) is 10.6 Å². The molecular weight excluding hydrogens is 447 g/mol. The number of hydrogen-bond acceptors (Lipinski definition) is 8. The van der Waals surface area contributed by atoms with Gasteiger partial charge >= 0.3 is 29.6 Å². The number of carboxylic acids is 1. The molecule has 0 fully saturated rings. The summed E-state index contributed by atoms with van der Waals surface area (Å²) in [5.74, 6) is -2.26. The fourth-order valence-electron chi connectivity index (χ4n) is 2.53. The second kappa shape index (κ2) is 9.33. The van der Waals surface area contributed by atoms with Crippen molar-refractivity contribution in [2.24, 2.45) is 15.3 Å². The molecule has 0 aliphatic carbocycles. The summed E-state index contributed by atoms with van der Waals surface area (Å²) in [6, 6.07) is 8.01. The van der Waals surface area contributed by atoms with E-state index in [0.29, 0.717) is 22.5 Å². The van der Waals surface area contributed by atoms with Crippen LogP contribution < -0.4 is 39.7 Å². The van der Waals surface area contributed by atoms with E-state index in [2.05, 4.69) is 15.3 Å². The maximum atomic E-state index is 12.6. The summed E-state index contributed by atoms with van der Waals surface area (Å²) in [5.41, 5.74) is -0.134. The number of hydrogen-bond donors (Lipinski definition) is 1. The predicted molar refractivity (Wildman–Crippen MR) is 101 cm³/mol. The summed E-state index contributed by atoms with van der Waals surface area (Å²) in [6.45, 7) is 1.55. The summed E-state index contributed by atoms with van der Waals surface area (Å²) in [4.78, 5) is 23.3. The summed E-state index contributed by atoms with van der Waals surface area (Å²) in [7, 11) is -4.62. The summed E-state index contributed by atoms with van der Waals surface area (Å²) < 4.78 is 31.4. The molecule has 10 nitrogen and oxygen atoms in total. The average Bonchev–Trinajstić information content (AvgIpc) is 2.93. The number of aromatic carboxylic acids is 1. The molecule has 13 heteroatoms. The Bertz CT molecular complexity index is 1180. The van der Waals surface area contributed by atoms with E-state index in [4.69, 9.17) is 16.2 Å². The van der Waals surface area contributed by atoms with E-state index in [1.54, 1.807) is 25.1 Å². The molecule has 1 amide bonds. The van der Waals surface area contributed by atoms with Gasteiger partial charge in [0.05, 0.1) is 28.0 Å². The van der Waals surface area contributed by atoms with Gasteiger partial charge in [0.2, 0.25) is 0 Å². The molecule has 30 heavy (non-hydrogen) atoms. The van der Waals surface area contributed by atoms with E-state index in [-0.39, 0.29) is 35.2 Å². The van der Waals surface area contributed by atoms with Gasteiger partial charge in [0.15, 0.2) is 6.04 Å². The van der Waals surface area contributed by atoms with Gasteiger partial charge in [0.25, 0.3) is 16.0 Å². The van der Waals surface area contributed by atoms with Crippen LogP contribution in [0.25, 0.3) is 0 Å². The van der Waals surface area contributed by atoms with Gasteiger partial charge in [0.1, 0.15) is 0 Å². The third-order valence-corrected chi connectivity index (χ3v) is 5.00. The van der Waals surface area contributed by atoms with Crippen molar-refractivity contribution in [1.29, 1.82) is 0 Å². The number of amides is 1. The molecule has 2 aromatic rings. The van der Waals surface area contributed by atoms with Gasteiger partial charge in [-0.05, 0) is 43.3 Å². The van der Waals surface area contributed by atoms with Crippen LogP contribution in [0.2, 0.25) is 5.02 Å². The van der Waals surface area contributed by atoms with E-state index in [1.807, 2.05) is 0 Å². The molecule has 0 aromatic heterocycles. The van der Waals surface area contributed by atoms with Crippen molar-refractivity contribution in [2.75, 3.05) is 5.01 Å². The molecule has 0 saturated heterocycles. The van der Waals surface area contributed by atoms with Crippen LogP contribution >= 0.6 is 11.6 Å². The van der Waals surface area contributed by atoms with Crippen molar-refractivity contribution < 1.29 is 57.2 Å². The topological polar surface area (TPSA) is 152 Å². The standard InChI is InChI=1S/C17H13ClN4O6S.Na/c1-9-15(16(23)22(21-9)11-4-2-3-10(18)7-11)20-19-14-6-5-12(29(26,27)28)8-13(14)17(24)25;/h2-8,15H,1H3,(H,24,25)(H,26,27,28);/q;+1/p-1. The van der Waals surface area contributed by atoms with Crippen LogP contribution in [0.1, 0.15) is 17.3 Å².